The molecule has 0 fully saturated rings. The van der Waals surface area contributed by atoms with Crippen LogP contribution in [0.2, 0.25) is 0 Å². The number of carbonyl (C=O) groups excluding carboxylic acids is 2. The molecule has 6 aromatic rings. The summed E-state index contributed by atoms with van der Waals surface area (Å²) in [5.74, 6) is -0.106. The molecule has 47 heavy (non-hydrogen) atoms. The van der Waals surface area contributed by atoms with Gasteiger partial charge in [-0.05, 0) is 12.8 Å². The molecule has 6 rings (SSSR count). The minimum Gasteiger partial charge on any atom is -0.550 e. The molecule has 0 radical (unpaired) electrons. The van der Waals surface area contributed by atoms with Gasteiger partial charge in [-0.15, -0.1) is 0 Å². The van der Waals surface area contributed by atoms with Gasteiger partial charge in [-0.25, -0.2) is 9.97 Å². The first-order chi connectivity index (χ1) is 21.5. The van der Waals surface area contributed by atoms with Gasteiger partial charge < -0.3 is 39.6 Å². The normalized spacial score (nSPS) is 9.87. The summed E-state index contributed by atoms with van der Waals surface area (Å²) in [6, 6.07) is 38.7. The molecule has 0 aliphatic carbocycles. The Labute approximate surface area is 281 Å². The molecule has 0 saturated carbocycles. The molecule has 4 N–H and O–H groups in total. The number of carboxylic acid groups (broad SMARTS) is 2. The first-order valence-corrected chi connectivity index (χ1v) is 14.1. The first-order valence-electron chi connectivity index (χ1n) is 14.1. The van der Waals surface area contributed by atoms with E-state index in [-0.39, 0.29) is 53.1 Å². The zero-order valence-corrected chi connectivity index (χ0v) is 26.0. The van der Waals surface area contributed by atoms with Crippen molar-refractivity contribution in [1.82, 2.24) is 9.97 Å². The number of benzene rings is 4. The molecule has 0 bridgehead atoms. The van der Waals surface area contributed by atoms with E-state index in [1.54, 1.807) is 0 Å². The SMILES string of the molecule is O.O.O=C([O-])CCc1nc(-c2ccccc2)c(-c2ccccc2)o1.O=C([O-])CCc1nc(-c2ccccc2)c(-c2ccccc2)o1.[Ni+2]. The quantitative estimate of drug-likeness (QED) is 0.195. The van der Waals surface area contributed by atoms with Gasteiger partial charge in [0.05, 0.1) is 0 Å². The fraction of sp³-hybridized carbons (Fsp3) is 0.111. The van der Waals surface area contributed by atoms with Gasteiger partial charge in [-0.3, -0.25) is 0 Å². The van der Waals surface area contributed by atoms with E-state index in [0.717, 1.165) is 33.6 Å². The van der Waals surface area contributed by atoms with E-state index in [2.05, 4.69) is 9.97 Å². The molecule has 0 aliphatic rings. The summed E-state index contributed by atoms with van der Waals surface area (Å²) >= 11 is 0. The molecule has 0 unspecified atom stereocenters. The summed E-state index contributed by atoms with van der Waals surface area (Å²) in [4.78, 5) is 30.2. The first kappa shape index (κ1) is 37.8. The maximum absolute atomic E-state index is 10.6. The monoisotopic (exact) mass is 678 g/mol. The number of carboxylic acids is 2. The van der Waals surface area contributed by atoms with Crippen LogP contribution in [-0.2, 0) is 38.9 Å². The second-order valence-corrected chi connectivity index (χ2v) is 9.78. The van der Waals surface area contributed by atoms with Crippen LogP contribution in [0.3, 0.4) is 0 Å². The van der Waals surface area contributed by atoms with E-state index in [0.29, 0.717) is 23.3 Å². The van der Waals surface area contributed by atoms with Crippen LogP contribution < -0.4 is 10.2 Å². The van der Waals surface area contributed by atoms with Crippen LogP contribution in [0.1, 0.15) is 24.6 Å². The number of nitrogens with zero attached hydrogens (tertiary/aromatic N) is 2. The second-order valence-electron chi connectivity index (χ2n) is 9.78. The molecule has 0 saturated heterocycles. The van der Waals surface area contributed by atoms with E-state index in [1.165, 1.54) is 0 Å². The molecule has 0 atom stereocenters. The van der Waals surface area contributed by atoms with E-state index in [9.17, 15) is 19.8 Å². The van der Waals surface area contributed by atoms with Gasteiger partial charge in [0.25, 0.3) is 0 Å². The molecule has 11 heteroatoms. The zero-order valence-electron chi connectivity index (χ0n) is 25.0. The second kappa shape index (κ2) is 18.6. The van der Waals surface area contributed by atoms with Gasteiger partial charge in [-0.2, -0.15) is 0 Å². The molecule has 4 aromatic carbocycles. The third-order valence-electron chi connectivity index (χ3n) is 6.60. The molecule has 244 valence electrons. The Hall–Kier alpha value is -5.35. The standard InChI is InChI=1S/2C18H15NO3.Ni.2H2O/c2*20-16(21)12-11-15-19-17(13-7-3-1-4-8-13)18(22-15)14-9-5-2-6-10-14;;;/h2*1-10H,11-12H2,(H,20,21);;2*1H2/q;;+2;;/p-2. The van der Waals surface area contributed by atoms with Crippen LogP contribution in [-0.4, -0.2) is 32.9 Å². The number of hydrogen-bond acceptors (Lipinski definition) is 8. The summed E-state index contributed by atoms with van der Waals surface area (Å²) in [6.07, 6.45) is 0.218. The van der Waals surface area contributed by atoms with Crippen molar-refractivity contribution in [2.45, 2.75) is 25.7 Å². The molecular formula is C36H32N2NiO8. The fourth-order valence-electron chi connectivity index (χ4n) is 4.51. The number of carbonyl (C=O) groups is 2. The Morgan fingerprint density at radius 3 is 1.04 bits per heavy atom. The maximum atomic E-state index is 10.6. The Morgan fingerprint density at radius 1 is 0.489 bits per heavy atom. The van der Waals surface area contributed by atoms with Crippen LogP contribution in [0, 0.1) is 0 Å². The van der Waals surface area contributed by atoms with Crippen molar-refractivity contribution < 1.29 is 56.1 Å². The average Bonchev–Trinajstić information content (AvgIpc) is 3.70. The summed E-state index contributed by atoms with van der Waals surface area (Å²) in [7, 11) is 0. The number of aromatic nitrogens is 2. The molecule has 10 nitrogen and oxygen atoms in total. The van der Waals surface area contributed by atoms with Crippen molar-refractivity contribution in [2.75, 3.05) is 0 Å². The van der Waals surface area contributed by atoms with Crippen molar-refractivity contribution >= 4 is 11.9 Å². The van der Waals surface area contributed by atoms with Gasteiger partial charge in [0.2, 0.25) is 0 Å². The van der Waals surface area contributed by atoms with Crippen molar-refractivity contribution in [2.24, 2.45) is 0 Å². The van der Waals surface area contributed by atoms with E-state index in [1.807, 2.05) is 121 Å². The van der Waals surface area contributed by atoms with Gasteiger partial charge >= 0.3 is 16.5 Å². The van der Waals surface area contributed by atoms with Crippen LogP contribution >= 0.6 is 0 Å². The van der Waals surface area contributed by atoms with Gasteiger partial charge in [0.1, 0.15) is 11.4 Å². The van der Waals surface area contributed by atoms with Gasteiger partial charge in [-0.1, -0.05) is 121 Å². The Kier molecular flexibility index (Phi) is 15.0. The van der Waals surface area contributed by atoms with Gasteiger partial charge in [0.15, 0.2) is 23.3 Å². The number of oxazole rings is 2. The average molecular weight is 679 g/mol. The van der Waals surface area contributed by atoms with E-state index >= 15 is 0 Å². The van der Waals surface area contributed by atoms with E-state index in [4.69, 9.17) is 8.83 Å². The van der Waals surface area contributed by atoms with Crippen molar-refractivity contribution in [3.05, 3.63) is 133 Å². The van der Waals surface area contributed by atoms with Crippen LogP contribution in [0.15, 0.2) is 130 Å². The largest absolute Gasteiger partial charge is 2.00 e. The Bertz CT molecular complexity index is 1560. The molecule has 0 aliphatic heterocycles. The number of aliphatic carboxylic acids is 2. The summed E-state index contributed by atoms with van der Waals surface area (Å²) in [5, 5.41) is 21.2. The molecule has 2 aromatic heterocycles. The summed E-state index contributed by atoms with van der Waals surface area (Å²) in [6.45, 7) is 0. The van der Waals surface area contributed by atoms with Crippen molar-refractivity contribution in [3.8, 4) is 45.2 Å². The minimum absolute atomic E-state index is 0. The molecular weight excluding hydrogens is 647 g/mol. The summed E-state index contributed by atoms with van der Waals surface area (Å²) in [5.41, 5.74) is 5.14. The fourth-order valence-corrected chi connectivity index (χ4v) is 4.51. The van der Waals surface area contributed by atoms with Gasteiger partial charge in [0, 0.05) is 47.0 Å². The topological polar surface area (TPSA) is 195 Å². The smallest absolute Gasteiger partial charge is 0.550 e. The van der Waals surface area contributed by atoms with Crippen LogP contribution in [0.5, 0.6) is 0 Å². The molecule has 2 heterocycles. The number of hydrogen-bond donors (Lipinski definition) is 0. The molecule has 0 spiro atoms. The third kappa shape index (κ3) is 10.3. The van der Waals surface area contributed by atoms with Crippen LogP contribution in [0.4, 0.5) is 0 Å². The zero-order chi connectivity index (χ0) is 30.7. The molecule has 0 amide bonds. The predicted octanol–water partition coefficient (Wildman–Crippen LogP) is 3.73. The number of aryl methyl sites for hydroxylation is 2. The summed E-state index contributed by atoms with van der Waals surface area (Å²) < 4.78 is 11.6. The van der Waals surface area contributed by atoms with Crippen LogP contribution in [0.25, 0.3) is 45.2 Å². The number of rotatable bonds is 10. The third-order valence-corrected chi connectivity index (χ3v) is 6.60. The van der Waals surface area contributed by atoms with Crippen molar-refractivity contribution in [1.29, 1.82) is 0 Å². The minimum atomic E-state index is -1.11. The predicted molar refractivity (Wildman–Crippen MR) is 169 cm³/mol. The van der Waals surface area contributed by atoms with Crippen molar-refractivity contribution in [3.63, 3.8) is 0 Å². The van der Waals surface area contributed by atoms with E-state index < -0.39 is 11.9 Å². The Balaban J connectivity index is 0.000000307. The maximum Gasteiger partial charge on any atom is 2.00 e. The Morgan fingerprint density at radius 2 is 0.766 bits per heavy atom.